The van der Waals surface area contributed by atoms with E-state index >= 15 is 0 Å². The Hall–Kier alpha value is -1.98. The number of halogens is 3. The van der Waals surface area contributed by atoms with Crippen LogP contribution in [-0.4, -0.2) is 80.7 Å². The minimum Gasteiger partial charge on any atom is -0.444 e. The number of aliphatic hydroxyl groups is 2. The number of hydrogen-bond acceptors (Lipinski definition) is 7. The minimum absolute atomic E-state index is 0.000684. The van der Waals surface area contributed by atoms with Crippen molar-refractivity contribution in [2.24, 2.45) is 0 Å². The SMILES string of the molecule is CC(C)(C)OC(=O)N1CCN(CC(O)c2ccc(C(F)(F)F)nn2)[C@H](CO)C1. The second-order valence-electron chi connectivity index (χ2n) is 7.61. The number of alkyl halides is 3. The standard InChI is InChI=1S/C17H25F3N4O4/c1-16(2,3)28-15(27)24-7-6-23(11(8-24)10-25)9-13(26)12-4-5-14(22-21-12)17(18,19)20/h4-5,11,13,25-26H,6-10H2,1-3H3/t11-,13?/m0/s1. The molecule has 1 aliphatic rings. The van der Waals surface area contributed by atoms with Gasteiger partial charge in [0.25, 0.3) is 0 Å². The Morgan fingerprint density at radius 3 is 2.46 bits per heavy atom. The average Bonchev–Trinajstić information content (AvgIpc) is 2.59. The van der Waals surface area contributed by atoms with Gasteiger partial charge in [0.15, 0.2) is 5.69 Å². The molecule has 1 unspecified atom stereocenters. The molecule has 1 fully saturated rings. The van der Waals surface area contributed by atoms with E-state index in [1.165, 1.54) is 4.90 Å². The molecule has 1 aliphatic heterocycles. The first-order valence-corrected chi connectivity index (χ1v) is 8.82. The zero-order valence-corrected chi connectivity index (χ0v) is 16.0. The van der Waals surface area contributed by atoms with Crippen LogP contribution in [0.5, 0.6) is 0 Å². The van der Waals surface area contributed by atoms with Gasteiger partial charge in [0, 0.05) is 26.2 Å². The van der Waals surface area contributed by atoms with Crippen LogP contribution in [-0.2, 0) is 10.9 Å². The first-order valence-electron chi connectivity index (χ1n) is 8.82. The summed E-state index contributed by atoms with van der Waals surface area (Å²) in [5, 5.41) is 26.5. The van der Waals surface area contributed by atoms with Gasteiger partial charge in [0.1, 0.15) is 11.7 Å². The Balaban J connectivity index is 1.97. The summed E-state index contributed by atoms with van der Waals surface area (Å²) in [6.45, 7) is 5.94. The highest BCUT2D eigenvalue weighted by atomic mass is 19.4. The van der Waals surface area contributed by atoms with Crippen LogP contribution in [0.1, 0.15) is 38.3 Å². The molecule has 1 saturated heterocycles. The molecular weight excluding hydrogens is 381 g/mol. The van der Waals surface area contributed by atoms with Gasteiger partial charge in [-0.1, -0.05) is 0 Å². The number of β-amino-alcohol motifs (C(OH)–C–C–N with tert-alkyl or cyclic N) is 1. The lowest BCUT2D eigenvalue weighted by Gasteiger charge is -2.41. The Morgan fingerprint density at radius 1 is 1.29 bits per heavy atom. The number of ether oxygens (including phenoxy) is 1. The third-order valence-corrected chi connectivity index (χ3v) is 4.19. The number of carbonyl (C=O) groups is 1. The molecular formula is C17H25F3N4O4. The molecule has 28 heavy (non-hydrogen) atoms. The molecule has 0 saturated carbocycles. The fourth-order valence-corrected chi connectivity index (χ4v) is 2.79. The smallest absolute Gasteiger partial charge is 0.435 e. The molecule has 0 radical (unpaired) electrons. The van der Waals surface area contributed by atoms with E-state index in [9.17, 15) is 28.2 Å². The van der Waals surface area contributed by atoms with Gasteiger partial charge in [0.2, 0.25) is 0 Å². The summed E-state index contributed by atoms with van der Waals surface area (Å²) in [5.41, 5.74) is -1.78. The molecule has 1 aromatic rings. The summed E-state index contributed by atoms with van der Waals surface area (Å²) in [7, 11) is 0. The van der Waals surface area contributed by atoms with Crippen LogP contribution in [0, 0.1) is 0 Å². The minimum atomic E-state index is -4.60. The Kier molecular flexibility index (Phi) is 6.84. The second-order valence-corrected chi connectivity index (χ2v) is 7.61. The molecule has 2 heterocycles. The normalized spacial score (nSPS) is 20.1. The van der Waals surface area contributed by atoms with Crippen LogP contribution in [0.15, 0.2) is 12.1 Å². The summed E-state index contributed by atoms with van der Waals surface area (Å²) < 4.78 is 43.0. The van der Waals surface area contributed by atoms with Gasteiger partial charge in [0.05, 0.1) is 18.3 Å². The largest absolute Gasteiger partial charge is 0.444 e. The second kappa shape index (κ2) is 8.58. The summed E-state index contributed by atoms with van der Waals surface area (Å²) in [6, 6.07) is 1.39. The molecule has 11 heteroatoms. The molecule has 2 atom stereocenters. The number of carbonyl (C=O) groups excluding carboxylic acids is 1. The highest BCUT2D eigenvalue weighted by molar-refractivity contribution is 5.68. The zero-order valence-electron chi connectivity index (χ0n) is 16.0. The lowest BCUT2D eigenvalue weighted by Crippen LogP contribution is -2.57. The van der Waals surface area contributed by atoms with E-state index in [2.05, 4.69) is 10.2 Å². The van der Waals surface area contributed by atoms with E-state index in [1.54, 1.807) is 25.7 Å². The highest BCUT2D eigenvalue weighted by Gasteiger charge is 2.34. The first-order chi connectivity index (χ1) is 12.9. The lowest BCUT2D eigenvalue weighted by molar-refractivity contribution is -0.141. The lowest BCUT2D eigenvalue weighted by atomic mass is 10.1. The van der Waals surface area contributed by atoms with Crippen molar-refractivity contribution >= 4 is 6.09 Å². The molecule has 2 rings (SSSR count). The van der Waals surface area contributed by atoms with E-state index in [-0.39, 0.29) is 25.4 Å². The third-order valence-electron chi connectivity index (χ3n) is 4.19. The number of rotatable bonds is 4. The van der Waals surface area contributed by atoms with Crippen LogP contribution in [0.3, 0.4) is 0 Å². The number of nitrogens with zero attached hydrogens (tertiary/aromatic N) is 4. The van der Waals surface area contributed by atoms with Crippen LogP contribution < -0.4 is 0 Å². The van der Waals surface area contributed by atoms with E-state index in [0.29, 0.717) is 13.1 Å². The number of piperazine rings is 1. The quantitative estimate of drug-likeness (QED) is 0.781. The monoisotopic (exact) mass is 406 g/mol. The Labute approximate surface area is 160 Å². The molecule has 0 spiro atoms. The van der Waals surface area contributed by atoms with Gasteiger partial charge in [-0.3, -0.25) is 4.90 Å². The first kappa shape index (κ1) is 22.3. The van der Waals surface area contributed by atoms with Crippen molar-refractivity contribution in [3.8, 4) is 0 Å². The molecule has 1 aromatic heterocycles. The molecule has 2 N–H and O–H groups in total. The molecule has 0 aromatic carbocycles. The van der Waals surface area contributed by atoms with Crippen LogP contribution in [0.2, 0.25) is 0 Å². The molecule has 8 nitrogen and oxygen atoms in total. The molecule has 0 bridgehead atoms. The van der Waals surface area contributed by atoms with E-state index in [1.807, 2.05) is 0 Å². The highest BCUT2D eigenvalue weighted by Crippen LogP contribution is 2.27. The van der Waals surface area contributed by atoms with Crippen LogP contribution in [0.4, 0.5) is 18.0 Å². The van der Waals surface area contributed by atoms with Crippen molar-refractivity contribution in [3.63, 3.8) is 0 Å². The predicted octanol–water partition coefficient (Wildman–Crippen LogP) is 1.44. The maximum atomic E-state index is 12.6. The number of aliphatic hydroxyl groups excluding tert-OH is 2. The molecule has 158 valence electrons. The van der Waals surface area contributed by atoms with E-state index in [4.69, 9.17) is 4.74 Å². The van der Waals surface area contributed by atoms with Crippen molar-refractivity contribution in [2.45, 2.75) is 44.7 Å². The van der Waals surface area contributed by atoms with Gasteiger partial charge in [-0.2, -0.15) is 18.3 Å². The van der Waals surface area contributed by atoms with Crippen molar-refractivity contribution in [1.29, 1.82) is 0 Å². The summed E-state index contributed by atoms with van der Waals surface area (Å²) in [4.78, 5) is 15.4. The number of amides is 1. The molecule has 0 aliphatic carbocycles. The fraction of sp³-hybridized carbons (Fsp3) is 0.706. The maximum Gasteiger partial charge on any atom is 0.435 e. The van der Waals surface area contributed by atoms with Crippen molar-refractivity contribution < 1.29 is 32.9 Å². The third kappa shape index (κ3) is 6.01. The number of hydrogen-bond donors (Lipinski definition) is 2. The maximum absolute atomic E-state index is 12.6. The van der Waals surface area contributed by atoms with Crippen LogP contribution in [0.25, 0.3) is 0 Å². The number of aromatic nitrogens is 2. The summed E-state index contributed by atoms with van der Waals surface area (Å²) >= 11 is 0. The van der Waals surface area contributed by atoms with E-state index < -0.39 is 35.7 Å². The van der Waals surface area contributed by atoms with Gasteiger partial charge >= 0.3 is 12.3 Å². The van der Waals surface area contributed by atoms with Gasteiger partial charge in [-0.25, -0.2) is 4.79 Å². The van der Waals surface area contributed by atoms with Crippen molar-refractivity contribution in [1.82, 2.24) is 20.0 Å². The predicted molar refractivity (Wildman–Crippen MR) is 92.2 cm³/mol. The Morgan fingerprint density at radius 2 is 1.96 bits per heavy atom. The van der Waals surface area contributed by atoms with Gasteiger partial charge in [-0.05, 0) is 32.9 Å². The Bertz CT molecular complexity index is 664. The van der Waals surface area contributed by atoms with Gasteiger partial charge in [-0.15, -0.1) is 5.10 Å². The van der Waals surface area contributed by atoms with Crippen molar-refractivity contribution in [2.75, 3.05) is 32.8 Å². The van der Waals surface area contributed by atoms with E-state index in [0.717, 1.165) is 12.1 Å². The zero-order chi connectivity index (χ0) is 21.1. The summed E-state index contributed by atoms with van der Waals surface area (Å²) in [5.74, 6) is 0. The summed E-state index contributed by atoms with van der Waals surface area (Å²) in [6.07, 6.45) is -6.27. The van der Waals surface area contributed by atoms with Crippen LogP contribution >= 0.6 is 0 Å². The molecule has 1 amide bonds. The topological polar surface area (TPSA) is 99.0 Å². The van der Waals surface area contributed by atoms with Crippen molar-refractivity contribution in [3.05, 3.63) is 23.5 Å². The average molecular weight is 406 g/mol. The van der Waals surface area contributed by atoms with Gasteiger partial charge < -0.3 is 19.8 Å². The fourth-order valence-electron chi connectivity index (χ4n) is 2.79.